The molecule has 45 heavy (non-hydrogen) atoms. The number of carbonyl (C=O) groups excluding carboxylic acids is 2. The second-order valence-electron chi connectivity index (χ2n) is 12.3. The molecule has 0 radical (unpaired) electrons. The van der Waals surface area contributed by atoms with Gasteiger partial charge in [0, 0.05) is 63.4 Å². The SMILES string of the molecule is CCN1C(=O)C(C)(C)C(=O)N(C)c2cc(OCCCN(CCn3ccc4oc(C)cc4c3=O)Cc3ccc(C)nc3C)ccc21. The molecule has 0 saturated heterocycles. The Morgan fingerprint density at radius 2 is 1.73 bits per heavy atom. The molecule has 10 nitrogen and oxygen atoms in total. The van der Waals surface area contributed by atoms with Crippen LogP contribution in [0.3, 0.4) is 0 Å². The van der Waals surface area contributed by atoms with Crippen LogP contribution in [0.2, 0.25) is 0 Å². The Bertz CT molecular complexity index is 1790. The Morgan fingerprint density at radius 1 is 0.956 bits per heavy atom. The van der Waals surface area contributed by atoms with Crippen molar-refractivity contribution >= 4 is 34.2 Å². The minimum atomic E-state index is -1.16. The van der Waals surface area contributed by atoms with Crippen LogP contribution in [0.15, 0.2) is 57.9 Å². The number of fused-ring (bicyclic) bond motifs is 2. The van der Waals surface area contributed by atoms with Crippen molar-refractivity contribution in [2.24, 2.45) is 5.41 Å². The smallest absolute Gasteiger partial charge is 0.261 e. The largest absolute Gasteiger partial charge is 0.493 e. The molecule has 0 N–H and O–H groups in total. The molecule has 0 fully saturated rings. The van der Waals surface area contributed by atoms with E-state index >= 15 is 0 Å². The minimum absolute atomic E-state index is 0.0563. The maximum absolute atomic E-state index is 13.2. The summed E-state index contributed by atoms with van der Waals surface area (Å²) in [7, 11) is 1.70. The van der Waals surface area contributed by atoms with E-state index in [0.29, 0.717) is 60.9 Å². The fraction of sp³-hybridized carbons (Fsp3) is 0.429. The van der Waals surface area contributed by atoms with Crippen molar-refractivity contribution in [1.82, 2.24) is 14.5 Å². The van der Waals surface area contributed by atoms with E-state index in [1.807, 2.05) is 58.0 Å². The lowest BCUT2D eigenvalue weighted by Crippen LogP contribution is -2.47. The monoisotopic (exact) mass is 613 g/mol. The van der Waals surface area contributed by atoms with E-state index in [9.17, 15) is 14.4 Å². The number of aryl methyl sites for hydroxylation is 3. The number of benzene rings is 1. The number of hydrogen-bond donors (Lipinski definition) is 0. The summed E-state index contributed by atoms with van der Waals surface area (Å²) < 4.78 is 13.5. The third kappa shape index (κ3) is 6.51. The van der Waals surface area contributed by atoms with Crippen molar-refractivity contribution in [2.45, 2.75) is 61.1 Å². The summed E-state index contributed by atoms with van der Waals surface area (Å²) >= 11 is 0. The Morgan fingerprint density at radius 3 is 2.47 bits per heavy atom. The van der Waals surface area contributed by atoms with Gasteiger partial charge in [0.1, 0.15) is 22.5 Å². The van der Waals surface area contributed by atoms with Crippen LogP contribution >= 0.6 is 0 Å². The zero-order valence-electron chi connectivity index (χ0n) is 27.3. The molecule has 238 valence electrons. The predicted octanol–water partition coefficient (Wildman–Crippen LogP) is 5.24. The molecule has 0 bridgehead atoms. The average molecular weight is 614 g/mol. The van der Waals surface area contributed by atoms with Crippen molar-refractivity contribution in [2.75, 3.05) is 43.1 Å². The van der Waals surface area contributed by atoms with Crippen LogP contribution in [0.4, 0.5) is 11.4 Å². The molecule has 0 saturated carbocycles. The van der Waals surface area contributed by atoms with Gasteiger partial charge in [-0.2, -0.15) is 0 Å². The van der Waals surface area contributed by atoms with Crippen LogP contribution in [0.5, 0.6) is 5.75 Å². The number of aromatic nitrogens is 2. The third-order valence-corrected chi connectivity index (χ3v) is 8.59. The number of hydrogen-bond acceptors (Lipinski definition) is 7. The molecule has 5 rings (SSSR count). The number of pyridine rings is 2. The number of carbonyl (C=O) groups is 2. The van der Waals surface area contributed by atoms with Gasteiger partial charge in [-0.1, -0.05) is 6.07 Å². The molecule has 0 unspecified atom stereocenters. The van der Waals surface area contributed by atoms with Gasteiger partial charge in [-0.25, -0.2) is 0 Å². The van der Waals surface area contributed by atoms with Gasteiger partial charge in [0.05, 0.1) is 23.4 Å². The van der Waals surface area contributed by atoms with E-state index in [-0.39, 0.29) is 17.4 Å². The first kappa shape index (κ1) is 32.0. The molecule has 4 aromatic rings. The van der Waals surface area contributed by atoms with E-state index in [1.54, 1.807) is 47.5 Å². The number of amides is 2. The fourth-order valence-electron chi connectivity index (χ4n) is 5.97. The Labute approximate surface area is 264 Å². The number of rotatable bonds is 11. The van der Waals surface area contributed by atoms with Crippen LogP contribution in [0.25, 0.3) is 11.0 Å². The van der Waals surface area contributed by atoms with Crippen LogP contribution in [-0.4, -0.2) is 59.6 Å². The molecule has 0 aliphatic carbocycles. The topological polar surface area (TPSA) is 101 Å². The molecule has 1 aromatic carbocycles. The zero-order chi connectivity index (χ0) is 32.5. The highest BCUT2D eigenvalue weighted by molar-refractivity contribution is 6.20. The van der Waals surface area contributed by atoms with Gasteiger partial charge in [-0.05, 0) is 83.9 Å². The van der Waals surface area contributed by atoms with Crippen LogP contribution < -0.4 is 20.1 Å². The molecular formula is C35H43N5O5. The molecule has 1 aliphatic rings. The standard InChI is InChI=1S/C35H43N5O5/c1-8-40-29-13-12-27(21-30(29)37(7)33(42)35(5,6)34(40)43)44-19-9-15-38(22-26-11-10-23(2)36-25(26)4)17-18-39-16-14-31-28(32(39)41)20-24(3)45-31/h10-14,16,20-21H,8-9,15,17-19,22H2,1-7H3. The van der Waals surface area contributed by atoms with E-state index in [1.165, 1.54) is 0 Å². The maximum atomic E-state index is 13.2. The van der Waals surface area contributed by atoms with Gasteiger partial charge in [-0.3, -0.25) is 24.3 Å². The number of anilines is 2. The molecule has 4 heterocycles. The van der Waals surface area contributed by atoms with E-state index in [2.05, 4.69) is 16.0 Å². The summed E-state index contributed by atoms with van der Waals surface area (Å²) in [6, 6.07) is 13.3. The minimum Gasteiger partial charge on any atom is -0.493 e. The second kappa shape index (κ2) is 12.9. The van der Waals surface area contributed by atoms with Crippen molar-refractivity contribution in [3.8, 4) is 5.75 Å². The summed E-state index contributed by atoms with van der Waals surface area (Å²) in [4.78, 5) is 49.6. The number of nitrogens with zero attached hydrogens (tertiary/aromatic N) is 5. The third-order valence-electron chi connectivity index (χ3n) is 8.59. The van der Waals surface area contributed by atoms with Crippen LogP contribution in [-0.2, 0) is 22.7 Å². The summed E-state index contributed by atoms with van der Waals surface area (Å²) in [6.07, 6.45) is 2.54. The Kier molecular flexibility index (Phi) is 9.16. The lowest BCUT2D eigenvalue weighted by atomic mass is 9.90. The highest BCUT2D eigenvalue weighted by Gasteiger charge is 2.45. The number of furan rings is 1. The van der Waals surface area contributed by atoms with E-state index < -0.39 is 5.41 Å². The Hall–Kier alpha value is -4.44. The van der Waals surface area contributed by atoms with Crippen LogP contribution in [0, 0.1) is 26.2 Å². The Balaban J connectivity index is 1.28. The summed E-state index contributed by atoms with van der Waals surface area (Å²) in [5.41, 5.74) is 3.86. The molecule has 3 aromatic heterocycles. The van der Waals surface area contributed by atoms with Crippen LogP contribution in [0.1, 0.15) is 49.9 Å². The van der Waals surface area contributed by atoms with E-state index in [4.69, 9.17) is 9.15 Å². The summed E-state index contributed by atoms with van der Waals surface area (Å²) in [5, 5.41) is 0.594. The zero-order valence-corrected chi connectivity index (χ0v) is 27.3. The van der Waals surface area contributed by atoms with Crippen molar-refractivity contribution < 1.29 is 18.7 Å². The summed E-state index contributed by atoms with van der Waals surface area (Å²) in [6.45, 7) is 14.7. The summed E-state index contributed by atoms with van der Waals surface area (Å²) in [5.74, 6) is 0.892. The predicted molar refractivity (Wildman–Crippen MR) is 176 cm³/mol. The van der Waals surface area contributed by atoms with Crippen molar-refractivity contribution in [3.05, 3.63) is 81.7 Å². The molecular weight excluding hydrogens is 570 g/mol. The normalized spacial score (nSPS) is 14.8. The molecule has 10 heteroatoms. The molecule has 0 atom stereocenters. The molecule has 0 spiro atoms. The fourth-order valence-corrected chi connectivity index (χ4v) is 5.97. The lowest BCUT2D eigenvalue weighted by Gasteiger charge is -2.27. The van der Waals surface area contributed by atoms with Gasteiger partial charge in [-0.15, -0.1) is 0 Å². The van der Waals surface area contributed by atoms with Gasteiger partial charge >= 0.3 is 0 Å². The quantitative estimate of drug-likeness (QED) is 0.168. The van der Waals surface area contributed by atoms with Gasteiger partial charge < -0.3 is 23.5 Å². The molecule has 1 aliphatic heterocycles. The van der Waals surface area contributed by atoms with E-state index in [0.717, 1.165) is 35.7 Å². The second-order valence-corrected chi connectivity index (χ2v) is 12.3. The number of ether oxygens (including phenoxy) is 1. The first-order chi connectivity index (χ1) is 21.4. The van der Waals surface area contributed by atoms with Gasteiger partial charge in [0.15, 0.2) is 0 Å². The average Bonchev–Trinajstić information content (AvgIpc) is 3.39. The highest BCUT2D eigenvalue weighted by Crippen LogP contribution is 2.40. The first-order valence-corrected chi connectivity index (χ1v) is 15.5. The first-order valence-electron chi connectivity index (χ1n) is 15.5. The van der Waals surface area contributed by atoms with Gasteiger partial charge in [0.2, 0.25) is 11.8 Å². The van der Waals surface area contributed by atoms with Crippen molar-refractivity contribution in [3.63, 3.8) is 0 Å². The molecule has 2 amide bonds. The highest BCUT2D eigenvalue weighted by atomic mass is 16.5. The van der Waals surface area contributed by atoms with Gasteiger partial charge in [0.25, 0.3) is 5.56 Å². The maximum Gasteiger partial charge on any atom is 0.261 e. The van der Waals surface area contributed by atoms with Crippen molar-refractivity contribution in [1.29, 1.82) is 0 Å². The lowest BCUT2D eigenvalue weighted by molar-refractivity contribution is -0.137.